The van der Waals surface area contributed by atoms with Crippen LogP contribution < -0.4 is 5.32 Å². The van der Waals surface area contributed by atoms with Crippen LogP contribution in [0.4, 0.5) is 8.78 Å². The van der Waals surface area contributed by atoms with Gasteiger partial charge in [0.2, 0.25) is 0 Å². The number of carbonyl (C=O) groups is 1. The van der Waals surface area contributed by atoms with Gasteiger partial charge in [-0.2, -0.15) is 14.0 Å². The summed E-state index contributed by atoms with van der Waals surface area (Å²) < 4.78 is 23.9. The van der Waals surface area contributed by atoms with E-state index in [-0.39, 0.29) is 0 Å². The lowest BCUT2D eigenvalue weighted by molar-refractivity contribution is -0.132. The van der Waals surface area contributed by atoms with Crippen molar-refractivity contribution in [3.05, 3.63) is 35.4 Å². The fourth-order valence-electron chi connectivity index (χ4n) is 1.21. The third kappa shape index (κ3) is 3.02. The molecule has 0 aliphatic carbocycles. The molecule has 1 unspecified atom stereocenters. The molecule has 5 heteroatoms. The smallest absolute Gasteiger partial charge is 0.315 e. The first-order valence-corrected chi connectivity index (χ1v) is 4.63. The van der Waals surface area contributed by atoms with Gasteiger partial charge in [-0.1, -0.05) is 12.1 Å². The normalized spacial score (nSPS) is 11.9. The molecule has 0 aliphatic heterocycles. The van der Waals surface area contributed by atoms with Crippen LogP contribution in [0.5, 0.6) is 0 Å². The molecule has 0 aromatic heterocycles. The number of hydrogen-bond acceptors (Lipinski definition) is 2. The number of amides is 1. The maximum absolute atomic E-state index is 12.0. The molecule has 0 radical (unpaired) electrons. The number of nitrogens with one attached hydrogen (secondary N) is 1. The third-order valence-electron chi connectivity index (χ3n) is 2.10. The molecule has 1 aromatic carbocycles. The minimum Gasteiger partial charge on any atom is -0.345 e. The molecule has 1 atom stereocenters. The van der Waals surface area contributed by atoms with Crippen molar-refractivity contribution in [1.82, 2.24) is 5.32 Å². The highest BCUT2D eigenvalue weighted by Crippen LogP contribution is 2.13. The molecule has 16 heavy (non-hydrogen) atoms. The molecule has 0 heterocycles. The zero-order valence-corrected chi connectivity index (χ0v) is 8.58. The Morgan fingerprint density at radius 2 is 1.94 bits per heavy atom. The van der Waals surface area contributed by atoms with Crippen LogP contribution in [0.2, 0.25) is 0 Å². The summed E-state index contributed by atoms with van der Waals surface area (Å²) in [6.45, 7) is 1.60. The molecular weight excluding hydrogens is 214 g/mol. The third-order valence-corrected chi connectivity index (χ3v) is 2.10. The second kappa shape index (κ2) is 5.21. The number of benzene rings is 1. The zero-order valence-electron chi connectivity index (χ0n) is 8.58. The molecule has 1 N–H and O–H groups in total. The van der Waals surface area contributed by atoms with Crippen molar-refractivity contribution in [1.29, 1.82) is 5.26 Å². The van der Waals surface area contributed by atoms with Gasteiger partial charge >= 0.3 is 6.43 Å². The fraction of sp³-hybridized carbons (Fsp3) is 0.273. The Morgan fingerprint density at radius 3 is 2.38 bits per heavy atom. The Labute approximate surface area is 91.7 Å². The number of halogens is 2. The van der Waals surface area contributed by atoms with E-state index >= 15 is 0 Å². The molecule has 3 nitrogen and oxygen atoms in total. The van der Waals surface area contributed by atoms with Gasteiger partial charge in [0.25, 0.3) is 5.91 Å². The maximum atomic E-state index is 12.0. The second-order valence-corrected chi connectivity index (χ2v) is 3.26. The lowest BCUT2D eigenvalue weighted by Gasteiger charge is -2.13. The van der Waals surface area contributed by atoms with E-state index in [0.717, 1.165) is 0 Å². The number of alkyl halides is 2. The minimum atomic E-state index is -3.01. The summed E-state index contributed by atoms with van der Waals surface area (Å²) in [6.07, 6.45) is -3.01. The monoisotopic (exact) mass is 224 g/mol. The van der Waals surface area contributed by atoms with Gasteiger partial charge in [-0.25, -0.2) is 0 Å². The molecule has 0 fully saturated rings. The van der Waals surface area contributed by atoms with Gasteiger partial charge in [0.1, 0.15) is 0 Å². The van der Waals surface area contributed by atoms with Crippen LogP contribution in [0, 0.1) is 11.3 Å². The SMILES string of the molecule is CC(NC(=O)C(F)F)c1ccc(C#N)cc1. The summed E-state index contributed by atoms with van der Waals surface area (Å²) in [5.41, 5.74) is 1.16. The molecule has 0 spiro atoms. The van der Waals surface area contributed by atoms with Gasteiger partial charge in [-0.15, -0.1) is 0 Å². The topological polar surface area (TPSA) is 52.9 Å². The average molecular weight is 224 g/mol. The molecule has 0 aliphatic rings. The highest BCUT2D eigenvalue weighted by Gasteiger charge is 2.17. The molecule has 0 bridgehead atoms. The Hall–Kier alpha value is -1.96. The van der Waals surface area contributed by atoms with Crippen LogP contribution in [0.1, 0.15) is 24.1 Å². The highest BCUT2D eigenvalue weighted by atomic mass is 19.3. The van der Waals surface area contributed by atoms with E-state index in [1.165, 1.54) is 0 Å². The van der Waals surface area contributed by atoms with E-state index in [0.29, 0.717) is 11.1 Å². The Morgan fingerprint density at radius 1 is 1.38 bits per heavy atom. The van der Waals surface area contributed by atoms with Crippen LogP contribution in [0.3, 0.4) is 0 Å². The first-order chi connectivity index (χ1) is 7.54. The van der Waals surface area contributed by atoms with Crippen LogP contribution in [0.25, 0.3) is 0 Å². The first kappa shape index (κ1) is 12.1. The van der Waals surface area contributed by atoms with E-state index < -0.39 is 18.4 Å². The predicted octanol–water partition coefficient (Wildman–Crippen LogP) is 2.00. The molecule has 0 saturated heterocycles. The molecule has 1 aromatic rings. The van der Waals surface area contributed by atoms with Crippen LogP contribution in [-0.4, -0.2) is 12.3 Å². The van der Waals surface area contributed by atoms with Gasteiger partial charge in [0, 0.05) is 0 Å². The molecule has 1 amide bonds. The Bertz CT molecular complexity index is 409. The Kier molecular flexibility index (Phi) is 3.95. The van der Waals surface area contributed by atoms with Gasteiger partial charge in [0.15, 0.2) is 0 Å². The van der Waals surface area contributed by atoms with Crippen molar-refractivity contribution in [3.63, 3.8) is 0 Å². The van der Waals surface area contributed by atoms with E-state index in [1.54, 1.807) is 31.2 Å². The summed E-state index contributed by atoms with van der Waals surface area (Å²) in [5.74, 6) is -1.29. The fourth-order valence-corrected chi connectivity index (χ4v) is 1.21. The van der Waals surface area contributed by atoms with Crippen molar-refractivity contribution in [2.45, 2.75) is 19.4 Å². The van der Waals surface area contributed by atoms with Gasteiger partial charge in [0.05, 0.1) is 17.7 Å². The van der Waals surface area contributed by atoms with Crippen molar-refractivity contribution >= 4 is 5.91 Å². The first-order valence-electron chi connectivity index (χ1n) is 4.63. The number of nitriles is 1. The molecular formula is C11H10F2N2O. The lowest BCUT2D eigenvalue weighted by atomic mass is 10.1. The van der Waals surface area contributed by atoms with Crippen molar-refractivity contribution in [2.75, 3.05) is 0 Å². The van der Waals surface area contributed by atoms with Crippen molar-refractivity contribution in [2.24, 2.45) is 0 Å². The zero-order chi connectivity index (χ0) is 12.1. The van der Waals surface area contributed by atoms with E-state index in [4.69, 9.17) is 5.26 Å². The molecule has 84 valence electrons. The van der Waals surface area contributed by atoms with Crippen LogP contribution >= 0.6 is 0 Å². The van der Waals surface area contributed by atoms with Crippen LogP contribution in [-0.2, 0) is 4.79 Å². The largest absolute Gasteiger partial charge is 0.345 e. The molecule has 0 saturated carbocycles. The summed E-state index contributed by atoms with van der Waals surface area (Å²) in [6, 6.07) is 7.82. The number of hydrogen-bond donors (Lipinski definition) is 1. The van der Waals surface area contributed by atoms with Crippen molar-refractivity contribution < 1.29 is 13.6 Å². The summed E-state index contributed by atoms with van der Waals surface area (Å²) in [4.78, 5) is 10.7. The standard InChI is InChI=1S/C11H10F2N2O/c1-7(15-11(16)10(12)13)9-4-2-8(6-14)3-5-9/h2-5,7,10H,1H3,(H,15,16). The van der Waals surface area contributed by atoms with Crippen LogP contribution in [0.15, 0.2) is 24.3 Å². The molecule has 1 rings (SSSR count). The lowest BCUT2D eigenvalue weighted by Crippen LogP contribution is -2.31. The highest BCUT2D eigenvalue weighted by molar-refractivity contribution is 5.79. The number of rotatable bonds is 3. The van der Waals surface area contributed by atoms with Gasteiger partial charge in [-0.05, 0) is 24.6 Å². The predicted molar refractivity (Wildman–Crippen MR) is 53.7 cm³/mol. The van der Waals surface area contributed by atoms with E-state index in [2.05, 4.69) is 5.32 Å². The van der Waals surface area contributed by atoms with Crippen molar-refractivity contribution in [3.8, 4) is 6.07 Å². The maximum Gasteiger partial charge on any atom is 0.315 e. The summed E-state index contributed by atoms with van der Waals surface area (Å²) in [7, 11) is 0. The minimum absolute atomic E-state index is 0.483. The average Bonchev–Trinajstić information content (AvgIpc) is 2.28. The second-order valence-electron chi connectivity index (χ2n) is 3.26. The number of nitrogens with zero attached hydrogens (tertiary/aromatic N) is 1. The quantitative estimate of drug-likeness (QED) is 0.853. The summed E-state index contributed by atoms with van der Waals surface area (Å²) in [5, 5.41) is 10.7. The van der Waals surface area contributed by atoms with Gasteiger partial charge in [-0.3, -0.25) is 4.79 Å². The number of carbonyl (C=O) groups excluding carboxylic acids is 1. The van der Waals surface area contributed by atoms with E-state index in [9.17, 15) is 13.6 Å². The van der Waals surface area contributed by atoms with Gasteiger partial charge < -0.3 is 5.32 Å². The Balaban J connectivity index is 2.70. The van der Waals surface area contributed by atoms with E-state index in [1.807, 2.05) is 6.07 Å². The summed E-state index contributed by atoms with van der Waals surface area (Å²) >= 11 is 0.